The molecule has 0 heterocycles. The molecule has 0 aromatic heterocycles. The predicted octanol–water partition coefficient (Wildman–Crippen LogP) is 1.19. The normalized spacial score (nSPS) is 12.0. The number of nitrogens with zero attached hydrogens (tertiary/aromatic N) is 1. The highest BCUT2D eigenvalue weighted by atomic mass is 32.2. The van der Waals surface area contributed by atoms with E-state index in [2.05, 4.69) is 20.6 Å². The van der Waals surface area contributed by atoms with Gasteiger partial charge in [0.15, 0.2) is 5.11 Å². The Morgan fingerprint density at radius 2 is 1.90 bits per heavy atom. The second kappa shape index (κ2) is 8.06. The predicted molar refractivity (Wildman–Crippen MR) is 88.9 cm³/mol. The number of sulfonamides is 1. The van der Waals surface area contributed by atoms with Crippen molar-refractivity contribution in [3.63, 3.8) is 0 Å². The molecular weight excluding hydrogens is 308 g/mol. The van der Waals surface area contributed by atoms with Crippen LogP contribution < -0.4 is 15.5 Å². The van der Waals surface area contributed by atoms with Crippen molar-refractivity contribution < 1.29 is 8.42 Å². The van der Waals surface area contributed by atoms with E-state index in [0.717, 1.165) is 12.0 Å². The average Bonchev–Trinajstić information content (AvgIpc) is 2.50. The molecule has 116 valence electrons. The third-order valence-electron chi connectivity index (χ3n) is 2.68. The van der Waals surface area contributed by atoms with Gasteiger partial charge in [-0.05, 0) is 43.3 Å². The quantitative estimate of drug-likeness (QED) is 0.415. The molecule has 0 fully saturated rings. The third kappa shape index (κ3) is 5.41. The van der Waals surface area contributed by atoms with Crippen LogP contribution in [0.4, 0.5) is 0 Å². The fourth-order valence-corrected chi connectivity index (χ4v) is 2.63. The summed E-state index contributed by atoms with van der Waals surface area (Å²) in [6.07, 6.45) is 0.750. The van der Waals surface area contributed by atoms with Gasteiger partial charge in [-0.25, -0.2) is 13.1 Å². The summed E-state index contributed by atoms with van der Waals surface area (Å²) in [7, 11) is -1.73. The maximum Gasteiger partial charge on any atom is 0.240 e. The molecule has 0 aliphatic heterocycles. The molecule has 0 spiro atoms. The van der Waals surface area contributed by atoms with Crippen LogP contribution in [0.3, 0.4) is 0 Å². The Labute approximate surface area is 131 Å². The monoisotopic (exact) mass is 328 g/mol. The number of rotatable bonds is 6. The molecule has 8 heteroatoms. The Morgan fingerprint density at radius 1 is 1.29 bits per heavy atom. The lowest BCUT2D eigenvalue weighted by Gasteiger charge is -2.07. The van der Waals surface area contributed by atoms with E-state index in [-0.39, 0.29) is 4.90 Å². The van der Waals surface area contributed by atoms with Crippen molar-refractivity contribution >= 4 is 33.1 Å². The minimum atomic E-state index is -3.43. The van der Waals surface area contributed by atoms with Crippen molar-refractivity contribution in [3.05, 3.63) is 29.8 Å². The third-order valence-corrected chi connectivity index (χ3v) is 4.45. The van der Waals surface area contributed by atoms with E-state index >= 15 is 0 Å². The fourth-order valence-electron chi connectivity index (χ4n) is 1.45. The van der Waals surface area contributed by atoms with Gasteiger partial charge in [0.25, 0.3) is 0 Å². The molecule has 0 saturated heterocycles. The summed E-state index contributed by atoms with van der Waals surface area (Å²) in [5.74, 6) is 0. The van der Waals surface area contributed by atoms with Gasteiger partial charge >= 0.3 is 0 Å². The van der Waals surface area contributed by atoms with Crippen LogP contribution in [-0.4, -0.2) is 32.8 Å². The first kappa shape index (κ1) is 17.5. The average molecular weight is 328 g/mol. The molecular formula is C13H20N4O2S2. The highest BCUT2D eigenvalue weighted by Crippen LogP contribution is 2.11. The summed E-state index contributed by atoms with van der Waals surface area (Å²) >= 11 is 4.92. The van der Waals surface area contributed by atoms with Crippen LogP contribution in [0.15, 0.2) is 34.3 Å². The minimum Gasteiger partial charge on any atom is -0.364 e. The van der Waals surface area contributed by atoms with E-state index in [4.69, 9.17) is 12.2 Å². The lowest BCUT2D eigenvalue weighted by molar-refractivity contribution is 0.581. The topological polar surface area (TPSA) is 82.6 Å². The molecule has 0 radical (unpaired) electrons. The first-order valence-corrected chi connectivity index (χ1v) is 8.42. The summed E-state index contributed by atoms with van der Waals surface area (Å²) < 4.78 is 26.4. The smallest absolute Gasteiger partial charge is 0.240 e. The van der Waals surface area contributed by atoms with E-state index < -0.39 is 10.0 Å². The number of hydrogen-bond acceptors (Lipinski definition) is 4. The van der Waals surface area contributed by atoms with Gasteiger partial charge in [0.1, 0.15) is 0 Å². The maximum atomic E-state index is 11.9. The lowest BCUT2D eigenvalue weighted by atomic mass is 10.1. The van der Waals surface area contributed by atoms with E-state index in [0.29, 0.717) is 17.4 Å². The van der Waals surface area contributed by atoms with Crippen molar-refractivity contribution in [1.82, 2.24) is 15.5 Å². The fraction of sp³-hybridized carbons (Fsp3) is 0.385. The molecule has 21 heavy (non-hydrogen) atoms. The van der Waals surface area contributed by atoms with Crippen molar-refractivity contribution in [2.45, 2.75) is 25.2 Å². The van der Waals surface area contributed by atoms with Gasteiger partial charge in [-0.1, -0.05) is 19.1 Å². The van der Waals surface area contributed by atoms with Crippen molar-refractivity contribution in [1.29, 1.82) is 0 Å². The molecule has 0 amide bonds. The first-order chi connectivity index (χ1) is 9.90. The van der Waals surface area contributed by atoms with E-state index in [1.165, 1.54) is 0 Å². The number of hydrogen-bond donors (Lipinski definition) is 3. The Bertz CT molecular complexity index is 610. The van der Waals surface area contributed by atoms with Crippen LogP contribution in [0.5, 0.6) is 0 Å². The van der Waals surface area contributed by atoms with Crippen LogP contribution in [-0.2, 0) is 10.0 Å². The summed E-state index contributed by atoms with van der Waals surface area (Å²) in [4.78, 5) is 0.242. The molecule has 0 saturated carbocycles. The molecule has 3 N–H and O–H groups in total. The molecule has 6 nitrogen and oxygen atoms in total. The van der Waals surface area contributed by atoms with Gasteiger partial charge in [-0.2, -0.15) is 5.10 Å². The van der Waals surface area contributed by atoms with Crippen molar-refractivity contribution in [2.75, 3.05) is 13.6 Å². The van der Waals surface area contributed by atoms with Crippen LogP contribution in [0.2, 0.25) is 0 Å². The lowest BCUT2D eigenvalue weighted by Crippen LogP contribution is -2.29. The van der Waals surface area contributed by atoms with Crippen LogP contribution in [0, 0.1) is 0 Å². The SMILES string of the molecule is CCCNS(=O)(=O)c1ccc(/C(C)=N\NC(=S)NC)cc1. The van der Waals surface area contributed by atoms with Gasteiger partial charge in [0, 0.05) is 13.6 Å². The Balaban J connectivity index is 2.85. The summed E-state index contributed by atoms with van der Waals surface area (Å²) in [6, 6.07) is 6.54. The molecule has 0 atom stereocenters. The number of benzene rings is 1. The molecule has 0 aliphatic carbocycles. The largest absolute Gasteiger partial charge is 0.364 e. The number of hydrazone groups is 1. The zero-order valence-electron chi connectivity index (χ0n) is 12.3. The highest BCUT2D eigenvalue weighted by Gasteiger charge is 2.12. The van der Waals surface area contributed by atoms with Gasteiger partial charge in [0.2, 0.25) is 10.0 Å². The standard InChI is InChI=1S/C13H20N4O2S2/c1-4-9-15-21(18,19)12-7-5-11(6-8-12)10(2)16-17-13(20)14-3/h5-8,15H,4,9H2,1-3H3,(H2,14,17,20)/b16-10-. The number of thiocarbonyl (C=S) groups is 1. The minimum absolute atomic E-state index is 0.242. The van der Waals surface area contributed by atoms with E-state index in [9.17, 15) is 8.42 Å². The summed E-state index contributed by atoms with van der Waals surface area (Å²) in [5, 5.41) is 7.26. The first-order valence-electron chi connectivity index (χ1n) is 6.52. The summed E-state index contributed by atoms with van der Waals surface area (Å²) in [6.45, 7) is 4.15. The van der Waals surface area contributed by atoms with Gasteiger partial charge < -0.3 is 5.32 Å². The molecule has 1 rings (SSSR count). The molecule has 1 aromatic rings. The second-order valence-corrected chi connectivity index (χ2v) is 6.49. The zero-order chi connectivity index (χ0) is 15.9. The molecule has 0 unspecified atom stereocenters. The van der Waals surface area contributed by atoms with Gasteiger partial charge in [0.05, 0.1) is 10.6 Å². The zero-order valence-corrected chi connectivity index (χ0v) is 13.9. The maximum absolute atomic E-state index is 11.9. The Kier molecular flexibility index (Phi) is 6.73. The van der Waals surface area contributed by atoms with Crippen LogP contribution in [0.1, 0.15) is 25.8 Å². The second-order valence-electron chi connectivity index (χ2n) is 4.31. The Morgan fingerprint density at radius 3 is 2.43 bits per heavy atom. The van der Waals surface area contributed by atoms with Crippen molar-refractivity contribution in [2.24, 2.45) is 5.10 Å². The van der Waals surface area contributed by atoms with Gasteiger partial charge in [-0.15, -0.1) is 0 Å². The van der Waals surface area contributed by atoms with Crippen LogP contribution >= 0.6 is 12.2 Å². The van der Waals surface area contributed by atoms with Gasteiger partial charge in [-0.3, -0.25) is 5.43 Å². The Hall–Kier alpha value is -1.51. The molecule has 0 aliphatic rings. The number of nitrogens with one attached hydrogen (secondary N) is 3. The highest BCUT2D eigenvalue weighted by molar-refractivity contribution is 7.89. The van der Waals surface area contributed by atoms with Crippen LogP contribution in [0.25, 0.3) is 0 Å². The summed E-state index contributed by atoms with van der Waals surface area (Å²) in [5.41, 5.74) is 4.20. The van der Waals surface area contributed by atoms with E-state index in [1.54, 1.807) is 31.3 Å². The molecule has 0 bridgehead atoms. The van der Waals surface area contributed by atoms with Crippen molar-refractivity contribution in [3.8, 4) is 0 Å². The molecule has 1 aromatic carbocycles. The van der Waals surface area contributed by atoms with E-state index in [1.807, 2.05) is 13.8 Å².